The Morgan fingerprint density at radius 1 is 1.15 bits per heavy atom. The van der Waals surface area contributed by atoms with Gasteiger partial charge in [0.2, 0.25) is 5.91 Å². The second-order valence-corrected chi connectivity index (χ2v) is 6.87. The molecular weight excluding hydrogens is 340 g/mol. The largest absolute Gasteiger partial charge is 0.494 e. The van der Waals surface area contributed by atoms with E-state index >= 15 is 0 Å². The summed E-state index contributed by atoms with van der Waals surface area (Å²) in [6, 6.07) is 14.3. The fourth-order valence-electron chi connectivity index (χ4n) is 3.45. The summed E-state index contributed by atoms with van der Waals surface area (Å²) < 4.78 is 5.43. The maximum Gasteiger partial charge on any atom is 0.255 e. The summed E-state index contributed by atoms with van der Waals surface area (Å²) in [6.07, 6.45) is 0.807. The van der Waals surface area contributed by atoms with Crippen molar-refractivity contribution >= 4 is 17.5 Å². The lowest BCUT2D eigenvalue weighted by Gasteiger charge is -2.31. The monoisotopic (exact) mass is 366 g/mol. The van der Waals surface area contributed by atoms with E-state index in [-0.39, 0.29) is 17.7 Å². The van der Waals surface area contributed by atoms with Crippen molar-refractivity contribution in [2.45, 2.75) is 39.8 Å². The molecule has 0 bridgehead atoms. The average molecular weight is 366 g/mol. The van der Waals surface area contributed by atoms with Crippen molar-refractivity contribution in [3.63, 3.8) is 0 Å². The highest BCUT2D eigenvalue weighted by Crippen LogP contribution is 2.29. The lowest BCUT2D eigenvalue weighted by molar-refractivity contribution is -0.122. The van der Waals surface area contributed by atoms with Gasteiger partial charge in [0, 0.05) is 17.8 Å². The lowest BCUT2D eigenvalue weighted by Crippen LogP contribution is -2.48. The number of nitrogens with one attached hydrogen (secondary N) is 1. The minimum atomic E-state index is -0.513. The molecule has 0 spiro atoms. The van der Waals surface area contributed by atoms with Gasteiger partial charge in [-0.05, 0) is 48.7 Å². The van der Waals surface area contributed by atoms with Crippen molar-refractivity contribution in [3.8, 4) is 5.75 Å². The standard InChI is InChI=1S/C22H26N2O3/c1-4-15(3)20(24-14-16-8-6-7-9-19(16)22(24)26)21(25)23-17-10-12-18(13-11-17)27-5-2/h6-13,15,20H,4-5,14H2,1-3H3,(H,23,25)/t15?,20-/m0/s1. The molecule has 0 saturated carbocycles. The number of amides is 2. The van der Waals surface area contributed by atoms with E-state index in [1.807, 2.05) is 69.3 Å². The van der Waals surface area contributed by atoms with Gasteiger partial charge >= 0.3 is 0 Å². The van der Waals surface area contributed by atoms with Crippen molar-refractivity contribution in [2.24, 2.45) is 5.92 Å². The van der Waals surface area contributed by atoms with Crippen LogP contribution in [0.4, 0.5) is 5.69 Å². The first kappa shape index (κ1) is 19.0. The van der Waals surface area contributed by atoms with Crippen LogP contribution in [0.1, 0.15) is 43.1 Å². The number of benzene rings is 2. The van der Waals surface area contributed by atoms with Gasteiger partial charge in [0.25, 0.3) is 5.91 Å². The molecule has 2 atom stereocenters. The average Bonchev–Trinajstić information content (AvgIpc) is 3.00. The smallest absolute Gasteiger partial charge is 0.255 e. The van der Waals surface area contributed by atoms with Gasteiger partial charge in [0.1, 0.15) is 11.8 Å². The summed E-state index contributed by atoms with van der Waals surface area (Å²) in [5.74, 6) is 0.581. The molecule has 2 aromatic rings. The number of hydrogen-bond acceptors (Lipinski definition) is 3. The molecule has 5 heteroatoms. The molecular formula is C22H26N2O3. The molecule has 1 aliphatic heterocycles. The van der Waals surface area contributed by atoms with E-state index in [0.29, 0.717) is 24.4 Å². The van der Waals surface area contributed by atoms with E-state index in [4.69, 9.17) is 4.74 Å². The van der Waals surface area contributed by atoms with Gasteiger partial charge in [-0.3, -0.25) is 9.59 Å². The Hall–Kier alpha value is -2.82. The van der Waals surface area contributed by atoms with Crippen molar-refractivity contribution in [1.29, 1.82) is 0 Å². The molecule has 5 nitrogen and oxygen atoms in total. The van der Waals surface area contributed by atoms with Gasteiger partial charge < -0.3 is 15.0 Å². The molecule has 2 aromatic carbocycles. The SMILES string of the molecule is CCOc1ccc(NC(=O)[C@H](C(C)CC)N2Cc3ccccc3C2=O)cc1. The van der Waals surface area contributed by atoms with Gasteiger partial charge in [0.15, 0.2) is 0 Å². The Morgan fingerprint density at radius 2 is 1.85 bits per heavy atom. The van der Waals surface area contributed by atoms with Crippen LogP contribution in [0.2, 0.25) is 0 Å². The predicted octanol–water partition coefficient (Wildman–Crippen LogP) is 4.09. The van der Waals surface area contributed by atoms with E-state index < -0.39 is 6.04 Å². The fourth-order valence-corrected chi connectivity index (χ4v) is 3.45. The molecule has 2 amide bonds. The Morgan fingerprint density at radius 3 is 2.48 bits per heavy atom. The van der Waals surface area contributed by atoms with Gasteiger partial charge in [-0.1, -0.05) is 38.5 Å². The number of carbonyl (C=O) groups excluding carboxylic acids is 2. The molecule has 1 unspecified atom stereocenters. The highest BCUT2D eigenvalue weighted by molar-refractivity contribution is 6.03. The second-order valence-electron chi connectivity index (χ2n) is 6.87. The van der Waals surface area contributed by atoms with Crippen molar-refractivity contribution < 1.29 is 14.3 Å². The molecule has 3 rings (SSSR count). The van der Waals surface area contributed by atoms with Crippen LogP contribution >= 0.6 is 0 Å². The first-order chi connectivity index (χ1) is 13.0. The summed E-state index contributed by atoms with van der Waals surface area (Å²) in [5, 5.41) is 2.96. The summed E-state index contributed by atoms with van der Waals surface area (Å²) >= 11 is 0. The third-order valence-corrected chi connectivity index (χ3v) is 5.07. The summed E-state index contributed by atoms with van der Waals surface area (Å²) in [7, 11) is 0. The molecule has 1 aliphatic rings. The minimum Gasteiger partial charge on any atom is -0.494 e. The highest BCUT2D eigenvalue weighted by atomic mass is 16.5. The zero-order valence-electron chi connectivity index (χ0n) is 16.1. The lowest BCUT2D eigenvalue weighted by atomic mass is 9.96. The van der Waals surface area contributed by atoms with Gasteiger partial charge in [-0.2, -0.15) is 0 Å². The quantitative estimate of drug-likeness (QED) is 0.803. The van der Waals surface area contributed by atoms with Crippen LogP contribution in [-0.2, 0) is 11.3 Å². The first-order valence-corrected chi connectivity index (χ1v) is 9.47. The number of anilines is 1. The van der Waals surface area contributed by atoms with Crippen molar-refractivity contribution in [1.82, 2.24) is 4.90 Å². The number of carbonyl (C=O) groups is 2. The van der Waals surface area contributed by atoms with E-state index in [2.05, 4.69) is 5.32 Å². The summed E-state index contributed by atoms with van der Waals surface area (Å²) in [6.45, 7) is 7.05. The fraction of sp³-hybridized carbons (Fsp3) is 0.364. The highest BCUT2D eigenvalue weighted by Gasteiger charge is 2.38. The molecule has 0 fully saturated rings. The van der Waals surface area contributed by atoms with Gasteiger partial charge in [0.05, 0.1) is 6.61 Å². The maximum atomic E-state index is 13.1. The van der Waals surface area contributed by atoms with E-state index in [1.54, 1.807) is 4.90 Å². The number of rotatable bonds is 7. The number of ether oxygens (including phenoxy) is 1. The van der Waals surface area contributed by atoms with E-state index in [0.717, 1.165) is 17.7 Å². The molecule has 27 heavy (non-hydrogen) atoms. The predicted molar refractivity (Wildman–Crippen MR) is 106 cm³/mol. The number of nitrogens with zero attached hydrogens (tertiary/aromatic N) is 1. The minimum absolute atomic E-state index is 0.0472. The summed E-state index contributed by atoms with van der Waals surface area (Å²) in [4.78, 5) is 27.6. The van der Waals surface area contributed by atoms with Crippen LogP contribution < -0.4 is 10.1 Å². The molecule has 1 N–H and O–H groups in total. The van der Waals surface area contributed by atoms with E-state index in [9.17, 15) is 9.59 Å². The Labute approximate surface area is 160 Å². The molecule has 1 heterocycles. The van der Waals surface area contributed by atoms with Crippen LogP contribution in [0.3, 0.4) is 0 Å². The van der Waals surface area contributed by atoms with Crippen LogP contribution in [0.15, 0.2) is 48.5 Å². The van der Waals surface area contributed by atoms with Gasteiger partial charge in [-0.15, -0.1) is 0 Å². The Bertz CT molecular complexity index is 817. The van der Waals surface area contributed by atoms with Crippen LogP contribution in [0.25, 0.3) is 0 Å². The zero-order chi connectivity index (χ0) is 19.4. The van der Waals surface area contributed by atoms with Gasteiger partial charge in [-0.25, -0.2) is 0 Å². The molecule has 0 saturated heterocycles. The van der Waals surface area contributed by atoms with Crippen molar-refractivity contribution in [2.75, 3.05) is 11.9 Å². The zero-order valence-corrected chi connectivity index (χ0v) is 16.1. The molecule has 142 valence electrons. The Kier molecular flexibility index (Phi) is 5.79. The first-order valence-electron chi connectivity index (χ1n) is 9.47. The van der Waals surface area contributed by atoms with E-state index in [1.165, 1.54) is 0 Å². The number of hydrogen-bond donors (Lipinski definition) is 1. The van der Waals surface area contributed by atoms with Crippen LogP contribution in [-0.4, -0.2) is 29.4 Å². The topological polar surface area (TPSA) is 58.6 Å². The normalized spacial score (nSPS) is 15.2. The van der Waals surface area contributed by atoms with Crippen LogP contribution in [0, 0.1) is 5.92 Å². The number of fused-ring (bicyclic) bond motifs is 1. The maximum absolute atomic E-state index is 13.1. The molecule has 0 aliphatic carbocycles. The second kappa shape index (κ2) is 8.25. The molecule has 0 aromatic heterocycles. The van der Waals surface area contributed by atoms with Crippen LogP contribution in [0.5, 0.6) is 5.75 Å². The van der Waals surface area contributed by atoms with Crippen molar-refractivity contribution in [3.05, 3.63) is 59.7 Å². The third-order valence-electron chi connectivity index (χ3n) is 5.07. The third kappa shape index (κ3) is 3.97. The summed E-state index contributed by atoms with van der Waals surface area (Å²) in [5.41, 5.74) is 2.37. The molecule has 0 radical (unpaired) electrons. The Balaban J connectivity index is 1.79.